The van der Waals surface area contributed by atoms with Crippen LogP contribution in [0.3, 0.4) is 0 Å². The molecular weight excluding hydrogens is 286 g/mol. The molecule has 0 radical (unpaired) electrons. The van der Waals surface area contributed by atoms with Crippen LogP contribution in [0.15, 0.2) is 29.2 Å². The number of carbonyl (C=O) groups excluding carboxylic acids is 1. The van der Waals surface area contributed by atoms with E-state index in [2.05, 4.69) is 0 Å². The molecule has 0 aromatic heterocycles. The van der Waals surface area contributed by atoms with Gasteiger partial charge in [0.1, 0.15) is 6.04 Å². The molecule has 1 saturated heterocycles. The van der Waals surface area contributed by atoms with E-state index in [-0.39, 0.29) is 11.7 Å². The summed E-state index contributed by atoms with van der Waals surface area (Å²) in [6.45, 7) is 0.539. The second-order valence-electron chi connectivity index (χ2n) is 4.33. The molecule has 2 rings (SSSR count). The Morgan fingerprint density at radius 3 is 2.68 bits per heavy atom. The largest absolute Gasteiger partial charge is 0.480 e. The minimum atomic E-state index is -0.914. The molecule has 1 aliphatic rings. The van der Waals surface area contributed by atoms with Crippen LogP contribution in [0.4, 0.5) is 0 Å². The smallest absolute Gasteiger partial charge is 0.326 e. The first-order chi connectivity index (χ1) is 9.08. The third-order valence-corrected chi connectivity index (χ3v) is 4.28. The van der Waals surface area contributed by atoms with Gasteiger partial charge in [-0.2, -0.15) is 0 Å². The molecule has 0 saturated carbocycles. The van der Waals surface area contributed by atoms with Gasteiger partial charge in [-0.3, -0.25) is 4.79 Å². The summed E-state index contributed by atoms with van der Waals surface area (Å²) in [6, 6.07) is 6.57. The predicted octanol–water partition coefficient (Wildman–Crippen LogP) is 2.51. The van der Waals surface area contributed by atoms with Gasteiger partial charge in [-0.25, -0.2) is 4.79 Å². The van der Waals surface area contributed by atoms with Crippen LogP contribution in [0.5, 0.6) is 0 Å². The maximum atomic E-state index is 12.0. The fourth-order valence-electron chi connectivity index (χ4n) is 2.08. The van der Waals surface area contributed by atoms with Crippen LogP contribution in [0.25, 0.3) is 0 Å². The van der Waals surface area contributed by atoms with E-state index >= 15 is 0 Å². The van der Waals surface area contributed by atoms with Crippen molar-refractivity contribution in [2.45, 2.75) is 23.8 Å². The van der Waals surface area contributed by atoms with Gasteiger partial charge in [-0.15, -0.1) is 11.8 Å². The highest BCUT2D eigenvalue weighted by Gasteiger charge is 2.33. The molecule has 4 nitrogen and oxygen atoms in total. The molecule has 1 heterocycles. The van der Waals surface area contributed by atoms with Crippen LogP contribution in [0, 0.1) is 0 Å². The lowest BCUT2D eigenvalue weighted by atomic mass is 10.2. The zero-order valence-electron chi connectivity index (χ0n) is 10.2. The number of hydrogen-bond donors (Lipinski definition) is 1. The Labute approximate surface area is 120 Å². The Bertz CT molecular complexity index is 477. The van der Waals surface area contributed by atoms with E-state index in [0.717, 1.165) is 11.3 Å². The number of aliphatic carboxylic acids is 1. The molecule has 1 aliphatic heterocycles. The van der Waals surface area contributed by atoms with Crippen LogP contribution >= 0.6 is 23.4 Å². The first-order valence-electron chi connectivity index (χ1n) is 5.98. The number of carbonyl (C=O) groups is 2. The number of nitrogens with zero attached hydrogens (tertiary/aromatic N) is 1. The third-order valence-electron chi connectivity index (χ3n) is 3.03. The van der Waals surface area contributed by atoms with Crippen molar-refractivity contribution < 1.29 is 14.7 Å². The van der Waals surface area contributed by atoms with Crippen molar-refractivity contribution >= 4 is 35.2 Å². The van der Waals surface area contributed by atoms with E-state index < -0.39 is 12.0 Å². The molecule has 0 spiro atoms. The highest BCUT2D eigenvalue weighted by Crippen LogP contribution is 2.23. The Kier molecular flexibility index (Phi) is 4.71. The fourth-order valence-corrected chi connectivity index (χ4v) is 2.99. The topological polar surface area (TPSA) is 57.6 Å². The average molecular weight is 300 g/mol. The van der Waals surface area contributed by atoms with E-state index in [1.54, 1.807) is 12.1 Å². The van der Waals surface area contributed by atoms with Crippen molar-refractivity contribution in [1.29, 1.82) is 0 Å². The van der Waals surface area contributed by atoms with Gasteiger partial charge in [0, 0.05) is 16.5 Å². The highest BCUT2D eigenvalue weighted by molar-refractivity contribution is 8.00. The lowest BCUT2D eigenvalue weighted by Crippen LogP contribution is -2.41. The molecule has 102 valence electrons. The Balaban J connectivity index is 1.90. The Morgan fingerprint density at radius 1 is 1.37 bits per heavy atom. The summed E-state index contributed by atoms with van der Waals surface area (Å²) < 4.78 is 0. The molecule has 1 N–H and O–H groups in total. The number of carboxylic acid groups (broad SMARTS) is 1. The zero-order valence-corrected chi connectivity index (χ0v) is 11.8. The van der Waals surface area contributed by atoms with Gasteiger partial charge in [0.05, 0.1) is 5.75 Å². The standard InChI is InChI=1S/C13H14ClNO3S/c14-9-3-5-10(6-4-9)19-8-12(16)15-7-1-2-11(15)13(17)18/h3-6,11H,1-2,7-8H2,(H,17,18)/t11-/m1/s1. The number of hydrogen-bond acceptors (Lipinski definition) is 3. The molecule has 1 amide bonds. The summed E-state index contributed by atoms with van der Waals surface area (Å²) in [5.74, 6) is -0.780. The maximum Gasteiger partial charge on any atom is 0.326 e. The monoisotopic (exact) mass is 299 g/mol. The fraction of sp³-hybridized carbons (Fsp3) is 0.385. The molecule has 1 fully saturated rings. The second-order valence-corrected chi connectivity index (χ2v) is 5.81. The van der Waals surface area contributed by atoms with Crippen LogP contribution < -0.4 is 0 Å². The number of halogens is 1. The van der Waals surface area contributed by atoms with Crippen molar-refractivity contribution in [3.63, 3.8) is 0 Å². The summed E-state index contributed by atoms with van der Waals surface area (Å²) >= 11 is 7.18. The van der Waals surface area contributed by atoms with E-state index in [4.69, 9.17) is 16.7 Å². The van der Waals surface area contributed by atoms with Crippen LogP contribution in [0.2, 0.25) is 5.02 Å². The van der Waals surface area contributed by atoms with Crippen LogP contribution in [0.1, 0.15) is 12.8 Å². The Hall–Kier alpha value is -1.20. The minimum Gasteiger partial charge on any atom is -0.480 e. The highest BCUT2D eigenvalue weighted by atomic mass is 35.5. The van der Waals surface area contributed by atoms with E-state index in [1.165, 1.54) is 16.7 Å². The van der Waals surface area contributed by atoms with Gasteiger partial charge in [-0.1, -0.05) is 11.6 Å². The number of likely N-dealkylation sites (tertiary alicyclic amines) is 1. The molecular formula is C13H14ClNO3S. The van der Waals surface area contributed by atoms with Gasteiger partial charge < -0.3 is 10.0 Å². The van der Waals surface area contributed by atoms with Crippen LogP contribution in [-0.4, -0.2) is 40.2 Å². The number of amides is 1. The van der Waals surface area contributed by atoms with Crippen molar-refractivity contribution in [1.82, 2.24) is 4.90 Å². The number of carboxylic acids is 1. The van der Waals surface area contributed by atoms with Gasteiger partial charge >= 0.3 is 5.97 Å². The summed E-state index contributed by atoms with van der Waals surface area (Å²) in [7, 11) is 0. The number of thioether (sulfide) groups is 1. The summed E-state index contributed by atoms with van der Waals surface area (Å²) in [6.07, 6.45) is 1.31. The molecule has 1 aromatic carbocycles. The third kappa shape index (κ3) is 3.64. The van der Waals surface area contributed by atoms with Crippen molar-refractivity contribution in [3.8, 4) is 0 Å². The molecule has 0 aliphatic carbocycles. The summed E-state index contributed by atoms with van der Waals surface area (Å²) in [5.41, 5.74) is 0. The van der Waals surface area contributed by atoms with E-state index in [1.807, 2.05) is 12.1 Å². The first kappa shape index (κ1) is 14.2. The molecule has 0 bridgehead atoms. The minimum absolute atomic E-state index is 0.121. The van der Waals surface area contributed by atoms with Gasteiger partial charge in [0.2, 0.25) is 5.91 Å². The molecule has 19 heavy (non-hydrogen) atoms. The molecule has 0 unspecified atom stereocenters. The van der Waals surface area contributed by atoms with Crippen LogP contribution in [-0.2, 0) is 9.59 Å². The number of benzene rings is 1. The Morgan fingerprint density at radius 2 is 2.05 bits per heavy atom. The molecule has 6 heteroatoms. The molecule has 1 aromatic rings. The van der Waals surface area contributed by atoms with Gasteiger partial charge in [0.25, 0.3) is 0 Å². The second kappa shape index (κ2) is 6.30. The SMILES string of the molecule is O=C(O)[C@H]1CCCN1C(=O)CSc1ccc(Cl)cc1. The summed E-state index contributed by atoms with van der Waals surface area (Å²) in [5, 5.41) is 9.69. The summed E-state index contributed by atoms with van der Waals surface area (Å²) in [4.78, 5) is 25.4. The lowest BCUT2D eigenvalue weighted by molar-refractivity contribution is -0.147. The molecule has 1 atom stereocenters. The number of rotatable bonds is 4. The normalized spacial score (nSPS) is 18.6. The zero-order chi connectivity index (χ0) is 13.8. The average Bonchev–Trinajstić information content (AvgIpc) is 2.87. The van der Waals surface area contributed by atoms with E-state index in [9.17, 15) is 9.59 Å². The quantitative estimate of drug-likeness (QED) is 0.868. The first-order valence-corrected chi connectivity index (χ1v) is 7.35. The van der Waals surface area contributed by atoms with Crippen molar-refractivity contribution in [2.24, 2.45) is 0 Å². The lowest BCUT2D eigenvalue weighted by Gasteiger charge is -2.21. The predicted molar refractivity (Wildman–Crippen MR) is 74.5 cm³/mol. The van der Waals surface area contributed by atoms with Gasteiger partial charge in [-0.05, 0) is 37.1 Å². The van der Waals surface area contributed by atoms with Crippen molar-refractivity contribution in [2.75, 3.05) is 12.3 Å². The van der Waals surface area contributed by atoms with E-state index in [0.29, 0.717) is 18.0 Å². The maximum absolute atomic E-state index is 12.0. The van der Waals surface area contributed by atoms with Gasteiger partial charge in [0.15, 0.2) is 0 Å². The van der Waals surface area contributed by atoms with Crippen molar-refractivity contribution in [3.05, 3.63) is 29.3 Å².